The fourth-order valence-corrected chi connectivity index (χ4v) is 2.26. The number of hydrogen-bond acceptors (Lipinski definition) is 4. The van der Waals surface area contributed by atoms with E-state index in [1.807, 2.05) is 13.8 Å². The van der Waals surface area contributed by atoms with Crippen molar-refractivity contribution in [1.82, 2.24) is 4.98 Å². The number of Topliss-reactive ketones (excluding diaryl/α,β-unsaturated/α-hetero) is 1. The Labute approximate surface area is 133 Å². The number of ketones is 1. The van der Waals surface area contributed by atoms with Gasteiger partial charge in [-0.05, 0) is 31.0 Å². The number of benzene rings is 1. The van der Waals surface area contributed by atoms with Gasteiger partial charge in [0.1, 0.15) is 0 Å². The zero-order valence-electron chi connectivity index (χ0n) is 13.4. The first-order valence-corrected chi connectivity index (χ1v) is 7.15. The van der Waals surface area contributed by atoms with Crippen LogP contribution in [0, 0.1) is 11.6 Å². The molecule has 23 heavy (non-hydrogen) atoms. The maximum absolute atomic E-state index is 14.3. The highest BCUT2D eigenvalue weighted by atomic mass is 19.2. The second kappa shape index (κ2) is 6.73. The van der Waals surface area contributed by atoms with Crippen LogP contribution in [-0.4, -0.2) is 17.8 Å². The Kier molecular flexibility index (Phi) is 4.93. The first-order valence-electron chi connectivity index (χ1n) is 7.15. The molecule has 0 spiro atoms. The van der Waals surface area contributed by atoms with Gasteiger partial charge in [0, 0.05) is 24.4 Å². The fraction of sp³-hybridized carbons (Fsp3) is 0.294. The highest BCUT2D eigenvalue weighted by Gasteiger charge is 2.19. The molecule has 6 heteroatoms. The van der Waals surface area contributed by atoms with E-state index in [0.29, 0.717) is 5.69 Å². The van der Waals surface area contributed by atoms with Crippen LogP contribution >= 0.6 is 0 Å². The van der Waals surface area contributed by atoms with Crippen LogP contribution < -0.4 is 0 Å². The van der Waals surface area contributed by atoms with Gasteiger partial charge in [0.2, 0.25) is 0 Å². The number of azo groups is 1. The van der Waals surface area contributed by atoms with Crippen molar-refractivity contribution in [1.29, 1.82) is 0 Å². The molecule has 0 aliphatic rings. The van der Waals surface area contributed by atoms with Crippen molar-refractivity contribution in [2.24, 2.45) is 10.2 Å². The quantitative estimate of drug-likeness (QED) is 0.584. The molecule has 2 rings (SSSR count). The van der Waals surface area contributed by atoms with Crippen molar-refractivity contribution in [3.8, 4) is 11.3 Å². The molecule has 0 radical (unpaired) electrons. The van der Waals surface area contributed by atoms with Gasteiger partial charge < -0.3 is 0 Å². The Morgan fingerprint density at radius 1 is 1.22 bits per heavy atom. The van der Waals surface area contributed by atoms with Crippen molar-refractivity contribution in [3.05, 3.63) is 47.2 Å². The van der Waals surface area contributed by atoms with Crippen LogP contribution in [0.25, 0.3) is 11.3 Å². The van der Waals surface area contributed by atoms with Gasteiger partial charge in [-0.1, -0.05) is 13.8 Å². The molecule has 0 saturated carbocycles. The van der Waals surface area contributed by atoms with Crippen molar-refractivity contribution in [2.45, 2.75) is 26.7 Å². The lowest BCUT2D eigenvalue weighted by molar-refractivity contribution is 0.101. The zero-order chi connectivity index (χ0) is 17.1. The summed E-state index contributed by atoms with van der Waals surface area (Å²) < 4.78 is 28.3. The molecule has 0 unspecified atom stereocenters. The summed E-state index contributed by atoms with van der Waals surface area (Å²) in [6.07, 6.45) is 1.58. The molecule has 0 aliphatic heterocycles. The highest BCUT2D eigenvalue weighted by Crippen LogP contribution is 2.32. The standard InChI is InChI=1S/C17H17F2N3O/c1-9(2)13-8-21-14(7-15(13)22-20-4)12-6-5-11(10(3)23)16(18)17(12)19/h5-9H,1-4H3. The number of halogens is 2. The lowest BCUT2D eigenvalue weighted by Gasteiger charge is -2.11. The van der Waals surface area contributed by atoms with Gasteiger partial charge in [-0.15, -0.1) is 0 Å². The van der Waals surface area contributed by atoms with Crippen molar-refractivity contribution >= 4 is 11.5 Å². The normalized spacial score (nSPS) is 11.4. The van der Waals surface area contributed by atoms with Crippen LogP contribution in [-0.2, 0) is 0 Å². The van der Waals surface area contributed by atoms with E-state index in [0.717, 1.165) is 5.56 Å². The number of pyridine rings is 1. The molecular formula is C17H17F2N3O. The lowest BCUT2D eigenvalue weighted by atomic mass is 10.0. The molecule has 2 aromatic rings. The van der Waals surface area contributed by atoms with Crippen LogP contribution in [0.3, 0.4) is 0 Å². The highest BCUT2D eigenvalue weighted by molar-refractivity contribution is 5.94. The summed E-state index contributed by atoms with van der Waals surface area (Å²) in [7, 11) is 1.53. The third-order valence-electron chi connectivity index (χ3n) is 3.48. The molecule has 0 atom stereocenters. The summed E-state index contributed by atoms with van der Waals surface area (Å²) in [5, 5.41) is 7.77. The summed E-state index contributed by atoms with van der Waals surface area (Å²) in [5.41, 5.74) is 1.36. The van der Waals surface area contributed by atoms with E-state index < -0.39 is 17.4 Å². The van der Waals surface area contributed by atoms with Crippen LogP contribution in [0.1, 0.15) is 42.6 Å². The summed E-state index contributed by atoms with van der Waals surface area (Å²) in [4.78, 5) is 15.5. The Morgan fingerprint density at radius 2 is 1.91 bits per heavy atom. The maximum atomic E-state index is 14.3. The van der Waals surface area contributed by atoms with E-state index in [2.05, 4.69) is 15.2 Å². The van der Waals surface area contributed by atoms with Crippen molar-refractivity contribution in [2.75, 3.05) is 7.05 Å². The predicted octanol–water partition coefficient (Wildman–Crippen LogP) is 5.07. The van der Waals surface area contributed by atoms with E-state index in [4.69, 9.17) is 0 Å². The number of nitrogens with zero attached hydrogens (tertiary/aromatic N) is 3. The number of carbonyl (C=O) groups is 1. The molecule has 0 bridgehead atoms. The van der Waals surface area contributed by atoms with E-state index in [-0.39, 0.29) is 22.7 Å². The summed E-state index contributed by atoms with van der Waals surface area (Å²) in [5.74, 6) is -2.62. The van der Waals surface area contributed by atoms with Gasteiger partial charge in [-0.2, -0.15) is 10.2 Å². The third kappa shape index (κ3) is 3.31. The number of aromatic nitrogens is 1. The van der Waals surface area contributed by atoms with Gasteiger partial charge in [-0.3, -0.25) is 9.78 Å². The van der Waals surface area contributed by atoms with Crippen LogP contribution in [0.4, 0.5) is 14.5 Å². The fourth-order valence-electron chi connectivity index (χ4n) is 2.26. The van der Waals surface area contributed by atoms with Crippen LogP contribution in [0.5, 0.6) is 0 Å². The number of hydrogen-bond donors (Lipinski definition) is 0. The Balaban J connectivity index is 2.61. The van der Waals surface area contributed by atoms with E-state index in [1.54, 1.807) is 12.3 Å². The topological polar surface area (TPSA) is 54.7 Å². The number of rotatable bonds is 4. The minimum atomic E-state index is -1.16. The third-order valence-corrected chi connectivity index (χ3v) is 3.48. The molecule has 1 aromatic heterocycles. The molecule has 0 fully saturated rings. The zero-order valence-corrected chi connectivity index (χ0v) is 13.4. The molecule has 0 N–H and O–H groups in total. The molecule has 0 aliphatic carbocycles. The predicted molar refractivity (Wildman–Crippen MR) is 84.1 cm³/mol. The maximum Gasteiger partial charge on any atom is 0.170 e. The van der Waals surface area contributed by atoms with Gasteiger partial charge in [0.05, 0.1) is 16.9 Å². The van der Waals surface area contributed by atoms with Crippen LogP contribution in [0.2, 0.25) is 0 Å². The average molecular weight is 317 g/mol. The second-order valence-corrected chi connectivity index (χ2v) is 5.43. The van der Waals surface area contributed by atoms with Gasteiger partial charge >= 0.3 is 0 Å². The molecule has 1 heterocycles. The Hall–Kier alpha value is -2.50. The largest absolute Gasteiger partial charge is 0.294 e. The second-order valence-electron chi connectivity index (χ2n) is 5.43. The minimum Gasteiger partial charge on any atom is -0.294 e. The average Bonchev–Trinajstić information content (AvgIpc) is 2.49. The molecule has 120 valence electrons. The van der Waals surface area contributed by atoms with E-state index >= 15 is 0 Å². The first kappa shape index (κ1) is 16.9. The lowest BCUT2D eigenvalue weighted by Crippen LogP contribution is -2.02. The summed E-state index contributed by atoms with van der Waals surface area (Å²) >= 11 is 0. The van der Waals surface area contributed by atoms with Gasteiger partial charge in [0.15, 0.2) is 17.4 Å². The minimum absolute atomic E-state index is 0.0182. The van der Waals surface area contributed by atoms with E-state index in [9.17, 15) is 13.6 Å². The molecule has 1 aromatic carbocycles. The first-order chi connectivity index (χ1) is 10.9. The van der Waals surface area contributed by atoms with Crippen LogP contribution in [0.15, 0.2) is 34.6 Å². The van der Waals surface area contributed by atoms with Gasteiger partial charge in [-0.25, -0.2) is 8.78 Å². The van der Waals surface area contributed by atoms with E-state index in [1.165, 1.54) is 26.1 Å². The smallest absolute Gasteiger partial charge is 0.170 e. The summed E-state index contributed by atoms with van der Waals surface area (Å²) in [6.45, 7) is 5.15. The SMILES string of the molecule is CN=Nc1cc(-c2ccc(C(C)=O)c(F)c2F)ncc1C(C)C. The van der Waals surface area contributed by atoms with Crippen molar-refractivity contribution < 1.29 is 13.6 Å². The Morgan fingerprint density at radius 3 is 2.48 bits per heavy atom. The monoisotopic (exact) mass is 317 g/mol. The molecule has 0 saturated heterocycles. The van der Waals surface area contributed by atoms with Gasteiger partial charge in [0.25, 0.3) is 0 Å². The summed E-state index contributed by atoms with van der Waals surface area (Å²) in [6, 6.07) is 4.17. The van der Waals surface area contributed by atoms with Crippen molar-refractivity contribution in [3.63, 3.8) is 0 Å². The Bertz CT molecular complexity index is 786. The molecule has 4 nitrogen and oxygen atoms in total. The molecular weight excluding hydrogens is 300 g/mol. The number of carbonyl (C=O) groups excluding carboxylic acids is 1. The molecule has 0 amide bonds.